The Morgan fingerprint density at radius 2 is 1.53 bits per heavy atom. The number of rotatable bonds is 2. The summed E-state index contributed by atoms with van der Waals surface area (Å²) in [5.41, 5.74) is 2.44. The molecule has 0 fully saturated rings. The predicted octanol–water partition coefficient (Wildman–Crippen LogP) is 2.88. The van der Waals surface area contributed by atoms with Crippen LogP contribution < -0.4 is 4.57 Å². The number of allylic oxidation sites excluding steroid dienone is 1. The Morgan fingerprint density at radius 3 is 2.13 bits per heavy atom. The van der Waals surface area contributed by atoms with E-state index in [1.54, 1.807) is 0 Å². The van der Waals surface area contributed by atoms with E-state index in [2.05, 4.69) is 54.2 Å². The van der Waals surface area contributed by atoms with Gasteiger partial charge < -0.3 is 0 Å². The van der Waals surface area contributed by atoms with Crippen LogP contribution in [0.4, 0.5) is 0 Å². The summed E-state index contributed by atoms with van der Waals surface area (Å²) in [6.45, 7) is 2.06. The van der Waals surface area contributed by atoms with E-state index in [0.29, 0.717) is 0 Å². The molecule has 0 amide bonds. The van der Waals surface area contributed by atoms with Gasteiger partial charge in [-0.3, -0.25) is 0 Å². The molecule has 0 N–H and O–H groups in total. The van der Waals surface area contributed by atoms with Crippen LogP contribution in [0.1, 0.15) is 12.5 Å². The quantitative estimate of drug-likeness (QED) is 0.650. The van der Waals surface area contributed by atoms with Gasteiger partial charge in [0.25, 0.3) is 0 Å². The van der Waals surface area contributed by atoms with Crippen molar-refractivity contribution in [3.05, 3.63) is 72.6 Å². The van der Waals surface area contributed by atoms with E-state index < -0.39 is 0 Å². The molecule has 15 heavy (non-hydrogen) atoms. The number of pyridine rings is 1. The molecule has 1 heterocycles. The van der Waals surface area contributed by atoms with Crippen LogP contribution in [0, 0.1) is 0 Å². The van der Waals surface area contributed by atoms with Crippen molar-refractivity contribution < 1.29 is 4.57 Å². The first kappa shape index (κ1) is 9.66. The molecule has 0 aliphatic carbocycles. The van der Waals surface area contributed by atoms with Crippen molar-refractivity contribution >= 4 is 5.70 Å². The molecule has 1 heteroatoms. The van der Waals surface area contributed by atoms with Gasteiger partial charge in [0.15, 0.2) is 12.4 Å². The Balaban J connectivity index is 2.44. The van der Waals surface area contributed by atoms with Gasteiger partial charge in [-0.25, -0.2) is 0 Å². The monoisotopic (exact) mass is 196 g/mol. The molecular weight excluding hydrogens is 182 g/mol. The van der Waals surface area contributed by atoms with Crippen molar-refractivity contribution in [3.63, 3.8) is 0 Å². The maximum atomic E-state index is 2.12. The van der Waals surface area contributed by atoms with Gasteiger partial charge in [-0.1, -0.05) is 24.3 Å². The lowest BCUT2D eigenvalue weighted by molar-refractivity contribution is -0.579. The zero-order chi connectivity index (χ0) is 10.5. The minimum atomic E-state index is 1.20. The van der Waals surface area contributed by atoms with Crippen LogP contribution in [-0.4, -0.2) is 0 Å². The fourth-order valence-corrected chi connectivity index (χ4v) is 1.63. The molecular formula is C14H14N+. The van der Waals surface area contributed by atoms with Crippen LogP contribution in [0.2, 0.25) is 0 Å². The third-order valence-electron chi connectivity index (χ3n) is 2.34. The Hall–Kier alpha value is -1.89. The molecule has 2 aromatic rings. The van der Waals surface area contributed by atoms with Crippen LogP contribution in [0.5, 0.6) is 0 Å². The third-order valence-corrected chi connectivity index (χ3v) is 2.34. The minimum Gasteiger partial charge on any atom is -0.167 e. The highest BCUT2D eigenvalue weighted by Crippen LogP contribution is 2.09. The van der Waals surface area contributed by atoms with E-state index in [1.165, 1.54) is 11.3 Å². The molecule has 1 aromatic carbocycles. The number of nitrogens with zero attached hydrogens (tertiary/aromatic N) is 1. The second kappa shape index (κ2) is 4.56. The van der Waals surface area contributed by atoms with Gasteiger partial charge in [-0.15, -0.1) is 0 Å². The lowest BCUT2D eigenvalue weighted by atomic mass is 10.1. The van der Waals surface area contributed by atoms with Crippen LogP contribution in [-0.2, 0) is 0 Å². The van der Waals surface area contributed by atoms with Gasteiger partial charge in [0, 0.05) is 17.7 Å². The van der Waals surface area contributed by atoms with Gasteiger partial charge >= 0.3 is 0 Å². The smallest absolute Gasteiger partial charge is 0.167 e. The third kappa shape index (κ3) is 2.13. The number of aromatic nitrogens is 1. The maximum absolute atomic E-state index is 2.12. The van der Waals surface area contributed by atoms with E-state index >= 15 is 0 Å². The highest BCUT2D eigenvalue weighted by atomic mass is 14.9. The molecule has 2 rings (SSSR count). The van der Waals surface area contributed by atoms with Crippen molar-refractivity contribution in [2.75, 3.05) is 0 Å². The van der Waals surface area contributed by atoms with Crippen molar-refractivity contribution in [2.45, 2.75) is 6.92 Å². The van der Waals surface area contributed by atoms with E-state index in [9.17, 15) is 0 Å². The van der Waals surface area contributed by atoms with Crippen molar-refractivity contribution in [1.82, 2.24) is 0 Å². The zero-order valence-electron chi connectivity index (χ0n) is 8.80. The minimum absolute atomic E-state index is 1.20. The fraction of sp³-hybridized carbons (Fsp3) is 0.0714. The largest absolute Gasteiger partial charge is 0.213 e. The average molecular weight is 196 g/mol. The summed E-state index contributed by atoms with van der Waals surface area (Å²) in [6.07, 6.45) is 6.24. The summed E-state index contributed by atoms with van der Waals surface area (Å²) in [5.74, 6) is 0. The van der Waals surface area contributed by atoms with Gasteiger partial charge in [-0.05, 0) is 25.1 Å². The summed E-state index contributed by atoms with van der Waals surface area (Å²) >= 11 is 0. The first-order valence-corrected chi connectivity index (χ1v) is 5.10. The van der Waals surface area contributed by atoms with E-state index in [-0.39, 0.29) is 0 Å². The van der Waals surface area contributed by atoms with Crippen LogP contribution >= 0.6 is 0 Å². The van der Waals surface area contributed by atoms with Crippen molar-refractivity contribution in [1.29, 1.82) is 0 Å². The van der Waals surface area contributed by atoms with Crippen molar-refractivity contribution in [3.8, 4) is 0 Å². The SMILES string of the molecule is C/C=C(/c1ccccc1)[n+]1ccccc1. The second-order valence-electron chi connectivity index (χ2n) is 3.32. The highest BCUT2D eigenvalue weighted by Gasteiger charge is 2.09. The molecule has 0 aliphatic heterocycles. The van der Waals surface area contributed by atoms with Gasteiger partial charge in [0.2, 0.25) is 5.70 Å². The maximum Gasteiger partial charge on any atom is 0.213 e. The summed E-state index contributed by atoms with van der Waals surface area (Å²) in [5, 5.41) is 0. The van der Waals surface area contributed by atoms with Gasteiger partial charge in [0.1, 0.15) is 0 Å². The van der Waals surface area contributed by atoms with E-state index in [1.807, 2.05) is 24.3 Å². The van der Waals surface area contributed by atoms with Crippen molar-refractivity contribution in [2.24, 2.45) is 0 Å². The molecule has 0 aliphatic rings. The molecule has 0 saturated carbocycles. The molecule has 0 saturated heterocycles. The molecule has 0 atom stereocenters. The van der Waals surface area contributed by atoms with Crippen LogP contribution in [0.15, 0.2) is 67.0 Å². The molecule has 1 nitrogen and oxygen atoms in total. The number of hydrogen-bond donors (Lipinski definition) is 0. The Labute approximate surface area is 90.3 Å². The van der Waals surface area contributed by atoms with Gasteiger partial charge in [0.05, 0.1) is 0 Å². The first-order chi connectivity index (χ1) is 7.42. The standard InChI is InChI=1S/C14H14N/c1-2-14(13-9-5-3-6-10-13)15-11-7-4-8-12-15/h2-12H,1H3/q+1/b14-2-. The lowest BCUT2D eigenvalue weighted by Gasteiger charge is -2.00. The van der Waals surface area contributed by atoms with E-state index in [0.717, 1.165) is 0 Å². The molecule has 0 unspecified atom stereocenters. The van der Waals surface area contributed by atoms with E-state index in [4.69, 9.17) is 0 Å². The normalized spacial score (nSPS) is 11.4. The fourth-order valence-electron chi connectivity index (χ4n) is 1.63. The summed E-state index contributed by atoms with van der Waals surface area (Å²) in [6, 6.07) is 16.5. The summed E-state index contributed by atoms with van der Waals surface area (Å²) in [7, 11) is 0. The Bertz CT molecular complexity index is 402. The first-order valence-electron chi connectivity index (χ1n) is 5.10. The lowest BCUT2D eigenvalue weighted by Crippen LogP contribution is -2.31. The second-order valence-corrected chi connectivity index (χ2v) is 3.32. The predicted molar refractivity (Wildman–Crippen MR) is 62.1 cm³/mol. The van der Waals surface area contributed by atoms with Crippen LogP contribution in [0.3, 0.4) is 0 Å². The molecule has 0 spiro atoms. The Morgan fingerprint density at radius 1 is 0.933 bits per heavy atom. The Kier molecular flexibility index (Phi) is 2.93. The summed E-state index contributed by atoms with van der Waals surface area (Å²) in [4.78, 5) is 0. The zero-order valence-corrected chi connectivity index (χ0v) is 8.80. The molecule has 0 bridgehead atoms. The number of hydrogen-bond acceptors (Lipinski definition) is 0. The van der Waals surface area contributed by atoms with Crippen LogP contribution in [0.25, 0.3) is 5.70 Å². The number of benzene rings is 1. The highest BCUT2D eigenvalue weighted by molar-refractivity contribution is 5.57. The molecule has 1 aromatic heterocycles. The van der Waals surface area contributed by atoms with Gasteiger partial charge in [-0.2, -0.15) is 4.57 Å². The topological polar surface area (TPSA) is 3.88 Å². The molecule has 0 radical (unpaired) electrons. The molecule has 74 valence electrons. The summed E-state index contributed by atoms with van der Waals surface area (Å²) < 4.78 is 2.12. The average Bonchev–Trinajstić information content (AvgIpc) is 2.33.